The maximum absolute atomic E-state index is 17.3. The number of anilines is 2. The van der Waals surface area contributed by atoms with Crippen LogP contribution < -0.4 is 15.0 Å². The zero-order valence-electron chi connectivity index (χ0n) is 29.0. The van der Waals surface area contributed by atoms with Crippen LogP contribution >= 0.6 is 22.9 Å². The van der Waals surface area contributed by atoms with Gasteiger partial charge in [0.25, 0.3) is 5.91 Å². The summed E-state index contributed by atoms with van der Waals surface area (Å²) in [6, 6.07) is 5.62. The number of hydrogen-bond acceptors (Lipinski definition) is 11. The number of nitriles is 1. The topological polar surface area (TPSA) is 166 Å². The van der Waals surface area contributed by atoms with Gasteiger partial charge in [0.15, 0.2) is 5.82 Å². The Morgan fingerprint density at radius 3 is 2.78 bits per heavy atom. The van der Waals surface area contributed by atoms with E-state index in [1.54, 1.807) is 18.8 Å². The van der Waals surface area contributed by atoms with Crippen LogP contribution in [0.1, 0.15) is 47.7 Å². The molecule has 2 aromatic carbocycles. The minimum absolute atomic E-state index is 0.0190. The molecule has 19 heteroatoms. The van der Waals surface area contributed by atoms with Crippen molar-refractivity contribution in [2.75, 3.05) is 50.6 Å². The summed E-state index contributed by atoms with van der Waals surface area (Å²) >= 11 is 7.59. The molecular weight excluding hydrogens is 749 g/mol. The number of hydrogen-bond donors (Lipinski definition) is 2. The van der Waals surface area contributed by atoms with Gasteiger partial charge in [-0.15, -0.1) is 16.4 Å². The summed E-state index contributed by atoms with van der Waals surface area (Å²) < 4.78 is 54.9. The number of benzene rings is 2. The molecule has 14 nitrogen and oxygen atoms in total. The summed E-state index contributed by atoms with van der Waals surface area (Å²) in [6.45, 7) is 2.13. The molecule has 2 saturated heterocycles. The lowest BCUT2D eigenvalue weighted by Gasteiger charge is -2.31. The highest BCUT2D eigenvalue weighted by Gasteiger charge is 2.49. The molecule has 3 aliphatic rings. The summed E-state index contributed by atoms with van der Waals surface area (Å²) in [6.07, 6.45) is -0.00682. The maximum atomic E-state index is 17.3. The second-order valence-corrected chi connectivity index (χ2v) is 15.3. The molecule has 0 radical (unpaired) electrons. The largest absolute Gasteiger partial charge is 0.465 e. The Bertz CT molecular complexity index is 2420. The number of nitrogens with one attached hydrogen (secondary N) is 1. The van der Waals surface area contributed by atoms with Gasteiger partial charge in [0.1, 0.15) is 46.8 Å². The smallest absolute Gasteiger partial charge is 0.409 e. The number of carboxylic acid groups (broad SMARTS) is 1. The van der Waals surface area contributed by atoms with Gasteiger partial charge in [0.2, 0.25) is 5.82 Å². The molecule has 54 heavy (non-hydrogen) atoms. The first-order valence-electron chi connectivity index (χ1n) is 17.1. The Morgan fingerprint density at radius 1 is 1.20 bits per heavy atom. The number of thiophene rings is 1. The number of amides is 2. The lowest BCUT2D eigenvalue weighted by Crippen LogP contribution is -2.43. The number of ether oxygens (including phenoxy) is 1. The van der Waals surface area contributed by atoms with Gasteiger partial charge in [-0.05, 0) is 43.5 Å². The van der Waals surface area contributed by atoms with Gasteiger partial charge in [-0.2, -0.15) is 15.2 Å². The van der Waals surface area contributed by atoms with Crippen LogP contribution in [0.5, 0.6) is 6.01 Å². The van der Waals surface area contributed by atoms with Crippen molar-refractivity contribution in [2.45, 2.75) is 50.5 Å². The van der Waals surface area contributed by atoms with E-state index in [1.165, 1.54) is 17.0 Å². The monoisotopic (exact) mass is 780 g/mol. The van der Waals surface area contributed by atoms with E-state index >= 15 is 8.78 Å². The number of aromatic nitrogens is 5. The molecule has 0 bridgehead atoms. The fourth-order valence-electron chi connectivity index (χ4n) is 7.83. The summed E-state index contributed by atoms with van der Waals surface area (Å²) in [5.74, 6) is -1.23. The second-order valence-electron chi connectivity index (χ2n) is 13.8. The molecule has 6 heterocycles. The Labute approximate surface area is 314 Å². The van der Waals surface area contributed by atoms with Crippen LogP contribution in [0, 0.1) is 23.0 Å². The highest BCUT2D eigenvalue weighted by Crippen LogP contribution is 2.47. The van der Waals surface area contributed by atoms with Crippen molar-refractivity contribution in [1.29, 1.82) is 5.26 Å². The van der Waals surface area contributed by atoms with Gasteiger partial charge in [0, 0.05) is 56.5 Å². The number of aryl methyl sites for hydroxylation is 1. The van der Waals surface area contributed by atoms with E-state index in [-0.39, 0.29) is 84.4 Å². The zero-order valence-corrected chi connectivity index (χ0v) is 30.6. The number of rotatable bonds is 7. The molecule has 0 spiro atoms. The molecule has 2 amide bonds. The average Bonchev–Trinajstić information content (AvgIpc) is 3.85. The Balaban J connectivity index is 1.29. The SMILES string of the molecule is CN(C)C(=O)c1nc2n(n1)CCCN(c1nc(OC[C@@]34CCCN3C[C@H](F)C4)nc3c(F)c(-c4ccc(F)c5sc(NC(=O)O)c(C#N)c45)c(Cl)cc13)C2. The van der Waals surface area contributed by atoms with E-state index in [2.05, 4.69) is 25.3 Å². The van der Waals surface area contributed by atoms with E-state index in [0.717, 1.165) is 25.5 Å². The van der Waals surface area contributed by atoms with Crippen LogP contribution in [0.2, 0.25) is 5.02 Å². The van der Waals surface area contributed by atoms with Crippen molar-refractivity contribution < 1.29 is 32.6 Å². The van der Waals surface area contributed by atoms with Crippen molar-refractivity contribution in [3.05, 3.63) is 52.1 Å². The molecule has 0 unspecified atom stereocenters. The van der Waals surface area contributed by atoms with Crippen LogP contribution in [0.25, 0.3) is 32.1 Å². The van der Waals surface area contributed by atoms with E-state index in [1.807, 2.05) is 11.0 Å². The minimum Gasteiger partial charge on any atom is -0.465 e. The number of carbonyl (C=O) groups excluding carboxylic acids is 1. The molecule has 2 atom stereocenters. The zero-order chi connectivity index (χ0) is 38.1. The predicted molar refractivity (Wildman–Crippen MR) is 194 cm³/mol. The molecule has 3 aliphatic heterocycles. The third-order valence-corrected chi connectivity index (χ3v) is 11.7. The number of carbonyl (C=O) groups is 2. The average molecular weight is 781 g/mol. The van der Waals surface area contributed by atoms with E-state index < -0.39 is 29.4 Å². The van der Waals surface area contributed by atoms with Gasteiger partial charge in [-0.3, -0.25) is 15.0 Å². The molecule has 2 fully saturated rings. The summed E-state index contributed by atoms with van der Waals surface area (Å²) in [5.41, 5.74) is -1.08. The third-order valence-electron chi connectivity index (χ3n) is 10.2. The van der Waals surface area contributed by atoms with E-state index in [0.29, 0.717) is 49.6 Å². The van der Waals surface area contributed by atoms with Crippen molar-refractivity contribution in [3.8, 4) is 23.2 Å². The van der Waals surface area contributed by atoms with Crippen LogP contribution in [0.4, 0.5) is 28.8 Å². The van der Waals surface area contributed by atoms with E-state index in [4.69, 9.17) is 21.3 Å². The number of halogens is 4. The lowest BCUT2D eigenvalue weighted by atomic mass is 9.95. The van der Waals surface area contributed by atoms with Gasteiger partial charge in [-0.1, -0.05) is 17.7 Å². The summed E-state index contributed by atoms with van der Waals surface area (Å²) in [7, 11) is 3.21. The quantitative estimate of drug-likeness (QED) is 0.197. The van der Waals surface area contributed by atoms with Crippen LogP contribution in [0.3, 0.4) is 0 Å². The first-order valence-corrected chi connectivity index (χ1v) is 18.3. The Morgan fingerprint density at radius 2 is 2.02 bits per heavy atom. The molecule has 0 saturated carbocycles. The van der Waals surface area contributed by atoms with Gasteiger partial charge < -0.3 is 19.6 Å². The third kappa shape index (κ3) is 6.00. The highest BCUT2D eigenvalue weighted by molar-refractivity contribution is 7.23. The van der Waals surface area contributed by atoms with Crippen LogP contribution in [-0.2, 0) is 13.1 Å². The van der Waals surface area contributed by atoms with Crippen LogP contribution in [0.15, 0.2) is 18.2 Å². The van der Waals surface area contributed by atoms with Crippen molar-refractivity contribution in [2.24, 2.45) is 0 Å². The summed E-state index contributed by atoms with van der Waals surface area (Å²) in [4.78, 5) is 43.3. The first-order chi connectivity index (χ1) is 25.9. The standard InChI is InChI=1S/C35H32ClF3N10O4S/c1-46(2)32(50)29-41-23-15-47(8-4-10-49(23)45-29)30-19-11-21(36)25(18-5-6-22(38)28-24(18)20(13-40)31(54-28)44-34(51)52)26(39)27(19)42-33(43-30)53-16-35-7-3-9-48(35)14-17(37)12-35/h5-6,11,17,44H,3-4,7-10,12,14-16H2,1-2H3,(H,51,52)/t17-,35+/m1/s1. The lowest BCUT2D eigenvalue weighted by molar-refractivity contribution is 0.0815. The van der Waals surface area contributed by atoms with Gasteiger partial charge in [-0.25, -0.2) is 27.6 Å². The van der Waals surface area contributed by atoms with E-state index in [9.17, 15) is 24.3 Å². The molecular formula is C35H32ClF3N10O4S. The Hall–Kier alpha value is -5.25. The van der Waals surface area contributed by atoms with Gasteiger partial charge in [0.05, 0.1) is 27.4 Å². The molecule has 0 aliphatic carbocycles. The number of alkyl halides is 1. The van der Waals surface area contributed by atoms with Gasteiger partial charge >= 0.3 is 12.1 Å². The maximum Gasteiger partial charge on any atom is 0.409 e. The molecule has 280 valence electrons. The van der Waals surface area contributed by atoms with Crippen molar-refractivity contribution in [3.63, 3.8) is 0 Å². The normalized spacial score (nSPS) is 19.8. The summed E-state index contributed by atoms with van der Waals surface area (Å²) in [5, 5.41) is 25.9. The minimum atomic E-state index is -1.46. The number of nitrogens with zero attached hydrogens (tertiary/aromatic N) is 9. The first kappa shape index (κ1) is 35.8. The Kier molecular flexibility index (Phi) is 8.98. The molecule has 5 aromatic rings. The molecule has 8 rings (SSSR count). The fraction of sp³-hybridized carbons (Fsp3) is 0.400. The fourth-order valence-corrected chi connectivity index (χ4v) is 9.20. The van der Waals surface area contributed by atoms with Crippen molar-refractivity contribution in [1.82, 2.24) is 34.5 Å². The molecule has 3 aromatic heterocycles. The second kappa shape index (κ2) is 13.6. The van der Waals surface area contributed by atoms with Crippen molar-refractivity contribution >= 4 is 66.7 Å². The van der Waals surface area contributed by atoms with Crippen LogP contribution in [-0.4, -0.2) is 104 Å². The molecule has 2 N–H and O–H groups in total. The number of fused-ring (bicyclic) bond motifs is 4. The highest BCUT2D eigenvalue weighted by atomic mass is 35.5. The predicted octanol–water partition coefficient (Wildman–Crippen LogP) is 6.06.